The number of halogens is 1. The summed E-state index contributed by atoms with van der Waals surface area (Å²) in [5.41, 5.74) is 1.07. The van der Waals surface area contributed by atoms with Crippen molar-refractivity contribution in [1.29, 1.82) is 0 Å². The average Bonchev–Trinajstić information content (AvgIpc) is 2.60. The summed E-state index contributed by atoms with van der Waals surface area (Å²) in [6.45, 7) is 4.62. The Morgan fingerprint density at radius 3 is 2.70 bits per heavy atom. The maximum atomic E-state index is 12.4. The molecule has 20 heavy (non-hydrogen) atoms. The lowest BCUT2D eigenvalue weighted by atomic mass is 10.3. The van der Waals surface area contributed by atoms with Gasteiger partial charge in [0.25, 0.3) is 5.91 Å². The van der Waals surface area contributed by atoms with E-state index in [0.717, 1.165) is 27.2 Å². The van der Waals surface area contributed by atoms with E-state index in [0.29, 0.717) is 19.6 Å². The SMILES string of the molecule is Cc1cc(C(=O)N2CCCN(CC(=O)O)CC2)sc1Br. The van der Waals surface area contributed by atoms with Crippen LogP contribution in [-0.4, -0.2) is 59.5 Å². The number of aliphatic carboxylic acids is 1. The van der Waals surface area contributed by atoms with Gasteiger partial charge in [0.1, 0.15) is 0 Å². The van der Waals surface area contributed by atoms with Crippen molar-refractivity contribution in [2.75, 3.05) is 32.7 Å². The van der Waals surface area contributed by atoms with Gasteiger partial charge in [-0.25, -0.2) is 0 Å². The van der Waals surface area contributed by atoms with Crippen LogP contribution in [0.1, 0.15) is 21.7 Å². The number of nitrogens with zero attached hydrogens (tertiary/aromatic N) is 2. The molecule has 1 N–H and O–H groups in total. The van der Waals surface area contributed by atoms with Crippen LogP contribution in [0, 0.1) is 6.92 Å². The summed E-state index contributed by atoms with van der Waals surface area (Å²) in [6, 6.07) is 1.90. The molecule has 1 aromatic rings. The molecule has 110 valence electrons. The number of hydrogen-bond acceptors (Lipinski definition) is 4. The van der Waals surface area contributed by atoms with Crippen LogP contribution in [0.25, 0.3) is 0 Å². The van der Waals surface area contributed by atoms with E-state index in [4.69, 9.17) is 5.11 Å². The number of amides is 1. The van der Waals surface area contributed by atoms with E-state index in [-0.39, 0.29) is 12.5 Å². The first kappa shape index (κ1) is 15.5. The Labute approximate surface area is 130 Å². The number of rotatable bonds is 3. The van der Waals surface area contributed by atoms with Gasteiger partial charge in [-0.1, -0.05) is 0 Å². The van der Waals surface area contributed by atoms with E-state index < -0.39 is 5.97 Å². The number of thiophene rings is 1. The zero-order valence-electron chi connectivity index (χ0n) is 11.3. The van der Waals surface area contributed by atoms with E-state index >= 15 is 0 Å². The Balaban J connectivity index is 1.99. The highest BCUT2D eigenvalue weighted by atomic mass is 79.9. The smallest absolute Gasteiger partial charge is 0.317 e. The molecule has 1 saturated heterocycles. The fourth-order valence-corrected chi connectivity index (χ4v) is 3.75. The highest BCUT2D eigenvalue weighted by molar-refractivity contribution is 9.11. The zero-order chi connectivity index (χ0) is 14.7. The zero-order valence-corrected chi connectivity index (χ0v) is 13.7. The summed E-state index contributed by atoms with van der Waals surface area (Å²) in [6.07, 6.45) is 0.810. The number of hydrogen-bond donors (Lipinski definition) is 1. The van der Waals surface area contributed by atoms with Crippen LogP contribution in [0.2, 0.25) is 0 Å². The number of carbonyl (C=O) groups excluding carboxylic acids is 1. The minimum Gasteiger partial charge on any atom is -0.480 e. The molecular weight excluding hydrogens is 344 g/mol. The molecule has 0 aromatic carbocycles. The van der Waals surface area contributed by atoms with E-state index in [1.807, 2.05) is 22.8 Å². The molecule has 5 nitrogen and oxygen atoms in total. The first-order chi connectivity index (χ1) is 9.47. The van der Waals surface area contributed by atoms with Crippen LogP contribution in [0.3, 0.4) is 0 Å². The van der Waals surface area contributed by atoms with Gasteiger partial charge >= 0.3 is 5.97 Å². The van der Waals surface area contributed by atoms with Crippen LogP contribution in [-0.2, 0) is 4.79 Å². The Kier molecular flexibility index (Phi) is 5.17. The Morgan fingerprint density at radius 1 is 1.35 bits per heavy atom. The van der Waals surface area contributed by atoms with Crippen molar-refractivity contribution in [3.8, 4) is 0 Å². The van der Waals surface area contributed by atoms with Crippen molar-refractivity contribution < 1.29 is 14.7 Å². The molecule has 0 bridgehead atoms. The second-order valence-electron chi connectivity index (χ2n) is 4.88. The highest BCUT2D eigenvalue weighted by Gasteiger charge is 2.22. The van der Waals surface area contributed by atoms with Gasteiger partial charge in [0.05, 0.1) is 15.2 Å². The number of carboxylic acid groups (broad SMARTS) is 1. The van der Waals surface area contributed by atoms with Crippen LogP contribution in [0.4, 0.5) is 0 Å². The molecule has 1 aromatic heterocycles. The number of carbonyl (C=O) groups is 2. The molecule has 0 saturated carbocycles. The summed E-state index contributed by atoms with van der Waals surface area (Å²) in [5.74, 6) is -0.774. The molecule has 2 rings (SSSR count). The van der Waals surface area contributed by atoms with Gasteiger partial charge in [0, 0.05) is 26.2 Å². The van der Waals surface area contributed by atoms with Crippen LogP contribution in [0.5, 0.6) is 0 Å². The predicted octanol–water partition coefficient (Wildman–Crippen LogP) is 2.05. The number of aryl methyl sites for hydroxylation is 1. The summed E-state index contributed by atoms with van der Waals surface area (Å²) >= 11 is 4.89. The van der Waals surface area contributed by atoms with Crippen LogP contribution < -0.4 is 0 Å². The molecule has 0 radical (unpaired) electrons. The molecule has 1 amide bonds. The Bertz CT molecular complexity index is 498. The molecule has 0 unspecified atom stereocenters. The molecule has 2 heterocycles. The minimum atomic E-state index is -0.817. The minimum absolute atomic E-state index is 0.0426. The van der Waals surface area contributed by atoms with Crippen molar-refractivity contribution in [2.24, 2.45) is 0 Å². The third-order valence-electron chi connectivity index (χ3n) is 3.30. The normalized spacial score (nSPS) is 17.0. The third kappa shape index (κ3) is 3.80. The lowest BCUT2D eigenvalue weighted by Crippen LogP contribution is -2.36. The van der Waals surface area contributed by atoms with E-state index in [1.165, 1.54) is 11.3 Å². The van der Waals surface area contributed by atoms with Gasteiger partial charge in [0.15, 0.2) is 0 Å². The molecule has 1 aliphatic rings. The highest BCUT2D eigenvalue weighted by Crippen LogP contribution is 2.28. The molecule has 1 fully saturated rings. The lowest BCUT2D eigenvalue weighted by molar-refractivity contribution is -0.138. The quantitative estimate of drug-likeness (QED) is 0.895. The van der Waals surface area contributed by atoms with Crippen LogP contribution in [0.15, 0.2) is 9.85 Å². The summed E-state index contributed by atoms with van der Waals surface area (Å²) in [7, 11) is 0. The first-order valence-corrected chi connectivity index (χ1v) is 8.07. The van der Waals surface area contributed by atoms with Gasteiger partial charge in [-0.15, -0.1) is 11.3 Å². The maximum absolute atomic E-state index is 12.4. The standard InChI is InChI=1S/C13H17BrN2O3S/c1-9-7-10(20-12(9)14)13(19)16-4-2-3-15(5-6-16)8-11(17)18/h7H,2-6,8H2,1H3,(H,17,18). The first-order valence-electron chi connectivity index (χ1n) is 6.46. The van der Waals surface area contributed by atoms with Crippen molar-refractivity contribution in [3.05, 3.63) is 20.3 Å². The van der Waals surface area contributed by atoms with E-state index in [2.05, 4.69) is 15.9 Å². The predicted molar refractivity (Wildman–Crippen MR) is 81.4 cm³/mol. The Morgan fingerprint density at radius 2 is 2.10 bits per heavy atom. The van der Waals surface area contributed by atoms with Crippen molar-refractivity contribution in [3.63, 3.8) is 0 Å². The fraction of sp³-hybridized carbons (Fsp3) is 0.538. The molecule has 7 heteroatoms. The van der Waals surface area contributed by atoms with E-state index in [1.54, 1.807) is 0 Å². The molecule has 1 aliphatic heterocycles. The second-order valence-corrected chi connectivity index (χ2v) is 7.25. The second kappa shape index (κ2) is 6.69. The largest absolute Gasteiger partial charge is 0.480 e. The van der Waals surface area contributed by atoms with Gasteiger partial charge in [-0.2, -0.15) is 0 Å². The maximum Gasteiger partial charge on any atom is 0.317 e. The van der Waals surface area contributed by atoms with E-state index in [9.17, 15) is 9.59 Å². The summed E-state index contributed by atoms with van der Waals surface area (Å²) in [4.78, 5) is 27.6. The molecule has 0 spiro atoms. The lowest BCUT2D eigenvalue weighted by Gasteiger charge is -2.20. The fourth-order valence-electron chi connectivity index (χ4n) is 2.24. The summed E-state index contributed by atoms with van der Waals surface area (Å²) in [5, 5.41) is 8.82. The van der Waals surface area contributed by atoms with Gasteiger partial charge in [-0.05, 0) is 40.9 Å². The van der Waals surface area contributed by atoms with Crippen molar-refractivity contribution in [2.45, 2.75) is 13.3 Å². The van der Waals surface area contributed by atoms with Crippen molar-refractivity contribution in [1.82, 2.24) is 9.80 Å². The number of carboxylic acids is 1. The molecule has 0 atom stereocenters. The average molecular weight is 361 g/mol. The van der Waals surface area contributed by atoms with Crippen LogP contribution >= 0.6 is 27.3 Å². The summed E-state index contributed by atoms with van der Waals surface area (Å²) < 4.78 is 0.989. The van der Waals surface area contributed by atoms with Gasteiger partial charge in [-0.3, -0.25) is 14.5 Å². The molecular formula is C13H17BrN2O3S. The monoisotopic (exact) mass is 360 g/mol. The third-order valence-corrected chi connectivity index (χ3v) is 5.43. The van der Waals surface area contributed by atoms with Gasteiger partial charge in [0.2, 0.25) is 0 Å². The molecule has 0 aliphatic carbocycles. The Hall–Kier alpha value is -0.920. The van der Waals surface area contributed by atoms with Gasteiger partial charge < -0.3 is 10.0 Å². The topological polar surface area (TPSA) is 60.9 Å². The van der Waals surface area contributed by atoms with Crippen molar-refractivity contribution >= 4 is 39.1 Å².